The lowest BCUT2D eigenvalue weighted by molar-refractivity contribution is -0.144. The number of anilines is 1. The number of halogens is 3. The van der Waals surface area contributed by atoms with E-state index in [1.54, 1.807) is 25.1 Å². The number of esters is 1. The first kappa shape index (κ1) is 21.3. The van der Waals surface area contributed by atoms with Gasteiger partial charge in [-0.05, 0) is 35.0 Å². The minimum Gasteiger partial charge on any atom is -0.466 e. The first-order chi connectivity index (χ1) is 13.9. The summed E-state index contributed by atoms with van der Waals surface area (Å²) < 4.78 is 33.3. The number of nitrogens with zero attached hydrogens (tertiary/aromatic N) is 2. The van der Waals surface area contributed by atoms with Gasteiger partial charge < -0.3 is 9.64 Å². The van der Waals surface area contributed by atoms with Crippen LogP contribution in [-0.4, -0.2) is 23.5 Å². The van der Waals surface area contributed by atoms with Crippen LogP contribution in [0, 0.1) is 11.6 Å². The monoisotopic (exact) mass is 482 g/mol. The Hall–Kier alpha value is -2.39. The second-order valence-corrected chi connectivity index (χ2v) is 8.02. The summed E-state index contributed by atoms with van der Waals surface area (Å²) in [6, 6.07) is 9.09. The maximum atomic E-state index is 14.0. The van der Waals surface area contributed by atoms with Crippen molar-refractivity contribution in [2.24, 2.45) is 0 Å². The van der Waals surface area contributed by atoms with Crippen molar-refractivity contribution in [2.45, 2.75) is 26.3 Å². The number of benzene rings is 2. The average molecular weight is 483 g/mol. The summed E-state index contributed by atoms with van der Waals surface area (Å²) in [7, 11) is 0. The molecule has 0 spiro atoms. The molecule has 152 valence electrons. The molecule has 0 unspecified atom stereocenters. The molecule has 0 aliphatic rings. The normalized spacial score (nSPS) is 10.9. The highest BCUT2D eigenvalue weighted by Gasteiger charge is 2.22. The van der Waals surface area contributed by atoms with Gasteiger partial charge in [-0.25, -0.2) is 13.8 Å². The van der Waals surface area contributed by atoms with Crippen LogP contribution in [0.2, 0.25) is 0 Å². The van der Waals surface area contributed by atoms with Gasteiger partial charge >= 0.3 is 5.97 Å². The van der Waals surface area contributed by atoms with E-state index in [4.69, 9.17) is 4.74 Å². The Bertz CT molecular complexity index is 1060. The highest BCUT2D eigenvalue weighted by Crippen LogP contribution is 2.31. The Labute approximate surface area is 178 Å². The Kier molecular flexibility index (Phi) is 6.92. The van der Waals surface area contributed by atoms with Gasteiger partial charge in [0.1, 0.15) is 16.6 Å². The Morgan fingerprint density at radius 1 is 1.21 bits per heavy atom. The summed E-state index contributed by atoms with van der Waals surface area (Å²) in [6.07, 6.45) is -0.0959. The van der Waals surface area contributed by atoms with E-state index in [9.17, 15) is 18.4 Å². The number of amides is 1. The van der Waals surface area contributed by atoms with Gasteiger partial charge in [-0.1, -0.05) is 12.1 Å². The van der Waals surface area contributed by atoms with E-state index in [0.717, 1.165) is 23.5 Å². The van der Waals surface area contributed by atoms with Gasteiger partial charge in [0.05, 0.1) is 35.5 Å². The van der Waals surface area contributed by atoms with E-state index >= 15 is 0 Å². The number of hydrogen-bond acceptors (Lipinski definition) is 5. The average Bonchev–Trinajstić information content (AvgIpc) is 3.08. The summed E-state index contributed by atoms with van der Waals surface area (Å²) in [5, 5.41) is 0.449. The fraction of sp³-hybridized carbons (Fsp3) is 0.250. The number of aromatic nitrogens is 1. The van der Waals surface area contributed by atoms with Crippen molar-refractivity contribution in [1.29, 1.82) is 0 Å². The maximum Gasteiger partial charge on any atom is 0.306 e. The van der Waals surface area contributed by atoms with Crippen molar-refractivity contribution in [1.82, 2.24) is 4.98 Å². The molecule has 0 N–H and O–H groups in total. The molecule has 3 aromatic rings. The summed E-state index contributed by atoms with van der Waals surface area (Å²) in [4.78, 5) is 30.3. The van der Waals surface area contributed by atoms with Crippen molar-refractivity contribution in [3.05, 3.63) is 57.5 Å². The molecule has 1 heterocycles. The SMILES string of the molecule is CCOC(=O)CCC(=O)N(Cc1nc2cc(F)cc(F)c2s1)c1ccccc1Br. The lowest BCUT2D eigenvalue weighted by atomic mass is 10.2. The predicted octanol–water partition coefficient (Wildman–Crippen LogP) is 5.21. The first-order valence-corrected chi connectivity index (χ1v) is 10.4. The summed E-state index contributed by atoms with van der Waals surface area (Å²) in [5.41, 5.74) is 0.792. The fourth-order valence-electron chi connectivity index (χ4n) is 2.76. The van der Waals surface area contributed by atoms with Crippen LogP contribution < -0.4 is 4.90 Å². The summed E-state index contributed by atoms with van der Waals surface area (Å²) in [5.74, 6) is -2.16. The molecule has 1 amide bonds. The number of thiazole rings is 1. The van der Waals surface area contributed by atoms with Crippen LogP contribution in [0.1, 0.15) is 24.8 Å². The zero-order chi connectivity index (χ0) is 21.0. The van der Waals surface area contributed by atoms with Crippen LogP contribution in [0.4, 0.5) is 14.5 Å². The van der Waals surface area contributed by atoms with E-state index in [0.29, 0.717) is 15.2 Å². The number of para-hydroxylation sites is 1. The largest absolute Gasteiger partial charge is 0.466 e. The molecular weight excluding hydrogens is 466 g/mol. The van der Waals surface area contributed by atoms with E-state index in [1.807, 2.05) is 6.07 Å². The molecule has 2 aromatic carbocycles. The van der Waals surface area contributed by atoms with Crippen LogP contribution in [0.3, 0.4) is 0 Å². The Morgan fingerprint density at radius 2 is 1.97 bits per heavy atom. The minimum atomic E-state index is -0.708. The third kappa shape index (κ3) is 5.16. The zero-order valence-electron chi connectivity index (χ0n) is 15.5. The van der Waals surface area contributed by atoms with Crippen molar-refractivity contribution >= 4 is 55.0 Å². The third-order valence-corrected chi connectivity index (χ3v) is 5.77. The second-order valence-electron chi connectivity index (χ2n) is 6.08. The number of carbonyl (C=O) groups excluding carboxylic acids is 2. The van der Waals surface area contributed by atoms with E-state index in [-0.39, 0.29) is 42.1 Å². The Morgan fingerprint density at radius 3 is 2.69 bits per heavy atom. The molecule has 1 aromatic heterocycles. The van der Waals surface area contributed by atoms with Crippen LogP contribution in [0.15, 0.2) is 40.9 Å². The lowest BCUT2D eigenvalue weighted by Gasteiger charge is -2.23. The second kappa shape index (κ2) is 9.41. The molecule has 3 rings (SSSR count). The van der Waals surface area contributed by atoms with Crippen LogP contribution in [-0.2, 0) is 20.9 Å². The van der Waals surface area contributed by atoms with Gasteiger partial charge in [-0.2, -0.15) is 0 Å². The molecule has 0 aliphatic heterocycles. The lowest BCUT2D eigenvalue weighted by Crippen LogP contribution is -2.31. The smallest absolute Gasteiger partial charge is 0.306 e. The first-order valence-electron chi connectivity index (χ1n) is 8.84. The molecule has 29 heavy (non-hydrogen) atoms. The molecule has 0 aliphatic carbocycles. The minimum absolute atomic E-state index is 0.0476. The van der Waals surface area contributed by atoms with Crippen molar-refractivity contribution in [3.8, 4) is 0 Å². The molecule has 0 atom stereocenters. The number of fused-ring (bicyclic) bond motifs is 1. The molecule has 0 bridgehead atoms. The maximum absolute atomic E-state index is 14.0. The number of carbonyl (C=O) groups is 2. The predicted molar refractivity (Wildman–Crippen MR) is 111 cm³/mol. The van der Waals surface area contributed by atoms with Crippen LogP contribution in [0.5, 0.6) is 0 Å². The topological polar surface area (TPSA) is 59.5 Å². The quantitative estimate of drug-likeness (QED) is 0.433. The van der Waals surface area contributed by atoms with Gasteiger partial charge in [0.15, 0.2) is 0 Å². The molecule has 5 nitrogen and oxygen atoms in total. The van der Waals surface area contributed by atoms with Crippen molar-refractivity contribution in [3.63, 3.8) is 0 Å². The number of hydrogen-bond donors (Lipinski definition) is 0. The highest BCUT2D eigenvalue weighted by atomic mass is 79.9. The number of rotatable bonds is 7. The van der Waals surface area contributed by atoms with Gasteiger partial charge in [0.2, 0.25) is 5.91 Å². The zero-order valence-corrected chi connectivity index (χ0v) is 17.9. The molecule has 0 saturated heterocycles. The molecule has 0 fully saturated rings. The molecule has 0 saturated carbocycles. The van der Waals surface area contributed by atoms with Gasteiger partial charge in [0.25, 0.3) is 0 Å². The van der Waals surface area contributed by atoms with Crippen LogP contribution in [0.25, 0.3) is 10.2 Å². The molecule has 0 radical (unpaired) electrons. The van der Waals surface area contributed by atoms with E-state index < -0.39 is 17.6 Å². The van der Waals surface area contributed by atoms with Gasteiger partial charge in [0, 0.05) is 23.0 Å². The molecular formula is C20H17BrF2N2O3S. The summed E-state index contributed by atoms with van der Waals surface area (Å²) in [6.45, 7) is 2.00. The highest BCUT2D eigenvalue weighted by molar-refractivity contribution is 9.10. The fourth-order valence-corrected chi connectivity index (χ4v) is 4.20. The standard InChI is InChI=1S/C20H17BrF2N2O3S/c1-2-28-19(27)8-7-18(26)25(16-6-4-3-5-13(16)21)11-17-24-15-10-12(22)9-14(23)20(15)29-17/h3-6,9-10H,2,7-8,11H2,1H3. The van der Waals surface area contributed by atoms with Gasteiger partial charge in [-0.3, -0.25) is 9.59 Å². The van der Waals surface area contributed by atoms with E-state index in [2.05, 4.69) is 20.9 Å². The molecule has 9 heteroatoms. The van der Waals surface area contributed by atoms with Crippen molar-refractivity contribution in [2.75, 3.05) is 11.5 Å². The third-order valence-electron chi connectivity index (χ3n) is 4.04. The van der Waals surface area contributed by atoms with Gasteiger partial charge in [-0.15, -0.1) is 11.3 Å². The number of ether oxygens (including phenoxy) is 1. The summed E-state index contributed by atoms with van der Waals surface area (Å²) >= 11 is 4.48. The van der Waals surface area contributed by atoms with Crippen LogP contribution >= 0.6 is 27.3 Å². The van der Waals surface area contributed by atoms with Crippen molar-refractivity contribution < 1.29 is 23.1 Å². The Balaban J connectivity index is 1.89. The van der Waals surface area contributed by atoms with E-state index in [1.165, 1.54) is 4.90 Å².